The highest BCUT2D eigenvalue weighted by Crippen LogP contribution is 2.36. The van der Waals surface area contributed by atoms with Gasteiger partial charge < -0.3 is 24.3 Å². The van der Waals surface area contributed by atoms with Crippen LogP contribution in [0.25, 0.3) is 0 Å². The number of ether oxygens (including phenoxy) is 4. The summed E-state index contributed by atoms with van der Waals surface area (Å²) in [6.07, 6.45) is 0. The number of benzene rings is 3. The van der Waals surface area contributed by atoms with E-state index in [1.165, 1.54) is 6.07 Å². The van der Waals surface area contributed by atoms with Crippen LogP contribution >= 0.6 is 15.9 Å². The van der Waals surface area contributed by atoms with E-state index >= 15 is 0 Å². The van der Waals surface area contributed by atoms with Crippen LogP contribution in [0.2, 0.25) is 0 Å². The third kappa shape index (κ3) is 5.22. The Balaban J connectivity index is 1.48. The molecule has 0 saturated carbocycles. The second-order valence-electron chi connectivity index (χ2n) is 6.92. The van der Waals surface area contributed by atoms with Crippen molar-refractivity contribution in [3.63, 3.8) is 0 Å². The van der Waals surface area contributed by atoms with Crippen LogP contribution < -0.4 is 24.3 Å². The third-order valence-corrected chi connectivity index (χ3v) is 5.52. The van der Waals surface area contributed by atoms with Crippen LogP contribution in [0.1, 0.15) is 18.1 Å². The maximum absolute atomic E-state index is 13.9. The highest BCUT2D eigenvalue weighted by molar-refractivity contribution is 9.10. The van der Waals surface area contributed by atoms with Gasteiger partial charge in [-0.3, -0.25) is 0 Å². The first-order valence-electron chi connectivity index (χ1n) is 10.1. The lowest BCUT2D eigenvalue weighted by molar-refractivity contribution is 0.171. The average Bonchev–Trinajstić information content (AvgIpc) is 2.79. The predicted octanol–water partition coefficient (Wildman–Crippen LogP) is 5.95. The smallest absolute Gasteiger partial charge is 0.163 e. The van der Waals surface area contributed by atoms with Crippen molar-refractivity contribution >= 4 is 21.6 Å². The average molecular weight is 488 g/mol. The molecule has 1 aliphatic heterocycles. The molecule has 0 unspecified atom stereocenters. The Labute approximate surface area is 189 Å². The van der Waals surface area contributed by atoms with Crippen LogP contribution in [0.4, 0.5) is 10.1 Å². The van der Waals surface area contributed by atoms with Gasteiger partial charge in [0.15, 0.2) is 23.0 Å². The van der Waals surface area contributed by atoms with Crippen LogP contribution in [0.15, 0.2) is 59.1 Å². The van der Waals surface area contributed by atoms with Gasteiger partial charge in [0.1, 0.15) is 25.6 Å². The van der Waals surface area contributed by atoms with E-state index < -0.39 is 0 Å². The molecule has 0 bridgehead atoms. The molecule has 0 aromatic heterocycles. The SMILES string of the molecule is CCOc1cc(CNc2ccc3c(c2)OCCO3)c(Br)cc1OCc1ccccc1F. The number of nitrogens with one attached hydrogen (secondary N) is 1. The van der Waals surface area contributed by atoms with E-state index in [-0.39, 0.29) is 12.4 Å². The zero-order valence-electron chi connectivity index (χ0n) is 17.1. The number of halogens is 2. The van der Waals surface area contributed by atoms with Crippen LogP contribution in [-0.2, 0) is 13.2 Å². The second-order valence-corrected chi connectivity index (χ2v) is 7.77. The molecule has 4 rings (SSSR count). The van der Waals surface area contributed by atoms with Crippen LogP contribution in [-0.4, -0.2) is 19.8 Å². The summed E-state index contributed by atoms with van der Waals surface area (Å²) in [5, 5.41) is 3.39. The number of anilines is 1. The summed E-state index contributed by atoms with van der Waals surface area (Å²) in [6.45, 7) is 4.21. The van der Waals surface area contributed by atoms with Gasteiger partial charge in [-0.15, -0.1) is 0 Å². The Morgan fingerprint density at radius 1 is 0.935 bits per heavy atom. The molecule has 0 aliphatic carbocycles. The molecule has 31 heavy (non-hydrogen) atoms. The molecule has 1 N–H and O–H groups in total. The lowest BCUT2D eigenvalue weighted by atomic mass is 10.2. The van der Waals surface area contributed by atoms with Gasteiger partial charge in [-0.1, -0.05) is 34.1 Å². The molecule has 0 amide bonds. The minimum atomic E-state index is -0.292. The molecule has 0 atom stereocenters. The van der Waals surface area contributed by atoms with Crippen molar-refractivity contribution < 1.29 is 23.3 Å². The van der Waals surface area contributed by atoms with Gasteiger partial charge >= 0.3 is 0 Å². The minimum Gasteiger partial charge on any atom is -0.490 e. The monoisotopic (exact) mass is 487 g/mol. The van der Waals surface area contributed by atoms with Crippen molar-refractivity contribution in [1.82, 2.24) is 0 Å². The standard InChI is InChI=1S/C24H23BrFNO4/c1-2-28-22-11-17(14-27-18-7-8-21-23(12-18)30-10-9-29-21)19(25)13-24(22)31-15-16-5-3-4-6-20(16)26/h3-8,11-13,27H,2,9-10,14-15H2,1H3. The molecule has 7 heteroatoms. The van der Waals surface area contributed by atoms with E-state index in [1.807, 2.05) is 37.3 Å². The van der Waals surface area contributed by atoms with Crippen molar-refractivity contribution in [2.45, 2.75) is 20.1 Å². The van der Waals surface area contributed by atoms with Crippen molar-refractivity contribution in [2.24, 2.45) is 0 Å². The maximum atomic E-state index is 13.9. The summed E-state index contributed by atoms with van der Waals surface area (Å²) in [4.78, 5) is 0. The molecule has 0 fully saturated rings. The van der Waals surface area contributed by atoms with Gasteiger partial charge in [-0.2, -0.15) is 0 Å². The number of rotatable bonds is 8. The largest absolute Gasteiger partial charge is 0.490 e. The third-order valence-electron chi connectivity index (χ3n) is 4.78. The predicted molar refractivity (Wildman–Crippen MR) is 121 cm³/mol. The van der Waals surface area contributed by atoms with E-state index in [4.69, 9.17) is 18.9 Å². The van der Waals surface area contributed by atoms with Crippen LogP contribution in [0.3, 0.4) is 0 Å². The molecular formula is C24H23BrFNO4. The fourth-order valence-electron chi connectivity index (χ4n) is 3.22. The van der Waals surface area contributed by atoms with Gasteiger partial charge in [-0.05, 0) is 42.8 Å². The summed E-state index contributed by atoms with van der Waals surface area (Å²) in [5.74, 6) is 2.37. The van der Waals surface area contributed by atoms with Gasteiger partial charge in [0.25, 0.3) is 0 Å². The molecule has 0 radical (unpaired) electrons. The van der Waals surface area contributed by atoms with Gasteiger partial charge in [0.2, 0.25) is 0 Å². The summed E-state index contributed by atoms with van der Waals surface area (Å²) in [7, 11) is 0. The fraction of sp³-hybridized carbons (Fsp3) is 0.250. The second kappa shape index (κ2) is 9.92. The summed E-state index contributed by atoms with van der Waals surface area (Å²) < 4.78 is 37.6. The lowest BCUT2D eigenvalue weighted by Gasteiger charge is -2.19. The van der Waals surface area contributed by atoms with Crippen molar-refractivity contribution in [1.29, 1.82) is 0 Å². The number of hydrogen-bond donors (Lipinski definition) is 1. The van der Waals surface area contributed by atoms with E-state index in [0.717, 1.165) is 27.2 Å². The van der Waals surface area contributed by atoms with E-state index in [9.17, 15) is 4.39 Å². The molecule has 1 heterocycles. The van der Waals surface area contributed by atoms with Crippen LogP contribution in [0, 0.1) is 5.82 Å². The molecule has 0 saturated heterocycles. The fourth-order valence-corrected chi connectivity index (χ4v) is 3.68. The Kier molecular flexibility index (Phi) is 6.82. The summed E-state index contributed by atoms with van der Waals surface area (Å²) in [6, 6.07) is 16.1. The zero-order valence-corrected chi connectivity index (χ0v) is 18.7. The topological polar surface area (TPSA) is 49.0 Å². The van der Waals surface area contributed by atoms with E-state index in [1.54, 1.807) is 18.2 Å². The van der Waals surface area contributed by atoms with Gasteiger partial charge in [0, 0.05) is 28.3 Å². The van der Waals surface area contributed by atoms with Crippen molar-refractivity contribution in [3.05, 3.63) is 76.0 Å². The summed E-state index contributed by atoms with van der Waals surface area (Å²) in [5.41, 5.74) is 2.41. The Morgan fingerprint density at radius 3 is 2.52 bits per heavy atom. The van der Waals surface area contributed by atoms with Crippen molar-refractivity contribution in [2.75, 3.05) is 25.1 Å². The Bertz CT molecular complexity index is 1060. The zero-order chi connectivity index (χ0) is 21.6. The van der Waals surface area contributed by atoms with Crippen molar-refractivity contribution in [3.8, 4) is 23.0 Å². The first-order chi connectivity index (χ1) is 15.1. The molecule has 162 valence electrons. The lowest BCUT2D eigenvalue weighted by Crippen LogP contribution is -2.15. The van der Waals surface area contributed by atoms with Gasteiger partial charge in [-0.25, -0.2) is 4.39 Å². The highest BCUT2D eigenvalue weighted by Gasteiger charge is 2.14. The number of hydrogen-bond acceptors (Lipinski definition) is 5. The molecule has 3 aromatic rings. The first-order valence-corrected chi connectivity index (χ1v) is 10.9. The van der Waals surface area contributed by atoms with Crippen LogP contribution in [0.5, 0.6) is 23.0 Å². The molecule has 5 nitrogen and oxygen atoms in total. The Hall–Kier alpha value is -2.93. The molecule has 1 aliphatic rings. The quantitative estimate of drug-likeness (QED) is 0.425. The van der Waals surface area contributed by atoms with E-state index in [0.29, 0.717) is 43.4 Å². The molecular weight excluding hydrogens is 465 g/mol. The molecule has 3 aromatic carbocycles. The highest BCUT2D eigenvalue weighted by atomic mass is 79.9. The first kappa shape index (κ1) is 21.3. The Morgan fingerprint density at radius 2 is 1.71 bits per heavy atom. The molecule has 0 spiro atoms. The van der Waals surface area contributed by atoms with Gasteiger partial charge in [0.05, 0.1) is 6.61 Å². The normalized spacial score (nSPS) is 12.4. The number of fused-ring (bicyclic) bond motifs is 1. The maximum Gasteiger partial charge on any atom is 0.163 e. The van der Waals surface area contributed by atoms with E-state index in [2.05, 4.69) is 21.2 Å². The minimum absolute atomic E-state index is 0.119. The summed E-state index contributed by atoms with van der Waals surface area (Å²) >= 11 is 3.61.